The molecular weight excluding hydrogens is 455 g/mol. The fourth-order valence-electron chi connectivity index (χ4n) is 2.93. The third-order valence-corrected chi connectivity index (χ3v) is 6.87. The molecule has 8 heteroatoms. The molecule has 0 atom stereocenters. The summed E-state index contributed by atoms with van der Waals surface area (Å²) in [6.45, 7) is 3.71. The lowest BCUT2D eigenvalue weighted by molar-refractivity contribution is -0.119. The Morgan fingerprint density at radius 3 is 1.94 bits per heavy atom. The van der Waals surface area contributed by atoms with E-state index in [9.17, 15) is 13.2 Å². The Bertz CT molecular complexity index is 1160. The van der Waals surface area contributed by atoms with E-state index in [2.05, 4.69) is 5.32 Å². The summed E-state index contributed by atoms with van der Waals surface area (Å²) in [5.41, 5.74) is 3.16. The SMILES string of the molecule is Cc1ccc(CNC(=O)CN(c2cc(Cl)cc(Cl)c2)S(=O)(=O)c2ccc(C)cc2)cc1. The van der Waals surface area contributed by atoms with E-state index in [1.165, 1.54) is 30.3 Å². The standard InChI is InChI=1S/C23H22Cl2N2O3S/c1-16-3-7-18(8-4-16)14-26-23(28)15-27(21-12-19(24)11-20(25)13-21)31(29,30)22-9-5-17(2)6-10-22/h3-13H,14-15H2,1-2H3,(H,26,28). The van der Waals surface area contributed by atoms with E-state index in [1.54, 1.807) is 12.1 Å². The van der Waals surface area contributed by atoms with Crippen LogP contribution in [0.25, 0.3) is 0 Å². The average Bonchev–Trinajstić information content (AvgIpc) is 2.71. The predicted octanol–water partition coefficient (Wildman–Crippen LogP) is 5.12. The zero-order valence-corrected chi connectivity index (χ0v) is 19.4. The molecular formula is C23H22Cl2N2O3S. The second-order valence-electron chi connectivity index (χ2n) is 7.21. The minimum absolute atomic E-state index is 0.0699. The molecule has 5 nitrogen and oxygen atoms in total. The van der Waals surface area contributed by atoms with E-state index < -0.39 is 22.5 Å². The van der Waals surface area contributed by atoms with Crippen LogP contribution in [0.4, 0.5) is 5.69 Å². The number of halogens is 2. The average molecular weight is 477 g/mol. The maximum Gasteiger partial charge on any atom is 0.264 e. The molecule has 3 aromatic rings. The zero-order chi connectivity index (χ0) is 22.6. The van der Waals surface area contributed by atoms with E-state index in [0.717, 1.165) is 21.0 Å². The van der Waals surface area contributed by atoms with Gasteiger partial charge in [0.25, 0.3) is 10.0 Å². The lowest BCUT2D eigenvalue weighted by Gasteiger charge is -2.24. The van der Waals surface area contributed by atoms with Crippen molar-refractivity contribution in [2.24, 2.45) is 0 Å². The highest BCUT2D eigenvalue weighted by Gasteiger charge is 2.27. The van der Waals surface area contributed by atoms with Gasteiger partial charge in [0.1, 0.15) is 6.54 Å². The fraction of sp³-hybridized carbons (Fsp3) is 0.174. The fourth-order valence-corrected chi connectivity index (χ4v) is 4.85. The van der Waals surface area contributed by atoms with Crippen molar-refractivity contribution in [3.8, 4) is 0 Å². The van der Waals surface area contributed by atoms with Gasteiger partial charge < -0.3 is 5.32 Å². The number of anilines is 1. The van der Waals surface area contributed by atoms with Crippen LogP contribution in [0.5, 0.6) is 0 Å². The third kappa shape index (κ3) is 6.00. The third-order valence-electron chi connectivity index (χ3n) is 4.64. The van der Waals surface area contributed by atoms with Gasteiger partial charge in [-0.1, -0.05) is 70.7 Å². The molecule has 0 spiro atoms. The summed E-state index contributed by atoms with van der Waals surface area (Å²) in [5.74, 6) is -0.452. The van der Waals surface area contributed by atoms with Crippen LogP contribution in [0.3, 0.4) is 0 Å². The molecule has 3 rings (SSSR count). The Labute approximate surface area is 192 Å². The van der Waals surface area contributed by atoms with Crippen molar-refractivity contribution >= 4 is 44.8 Å². The van der Waals surface area contributed by atoms with E-state index in [0.29, 0.717) is 0 Å². The Balaban J connectivity index is 1.89. The van der Waals surface area contributed by atoms with Crippen LogP contribution in [0.1, 0.15) is 16.7 Å². The monoisotopic (exact) mass is 476 g/mol. The molecule has 0 bridgehead atoms. The molecule has 0 aliphatic carbocycles. The number of hydrogen-bond acceptors (Lipinski definition) is 3. The molecule has 0 aliphatic heterocycles. The smallest absolute Gasteiger partial charge is 0.264 e. The number of nitrogens with one attached hydrogen (secondary N) is 1. The van der Waals surface area contributed by atoms with Crippen LogP contribution < -0.4 is 9.62 Å². The van der Waals surface area contributed by atoms with Crippen molar-refractivity contribution in [1.82, 2.24) is 5.32 Å². The molecule has 0 radical (unpaired) electrons. The maximum absolute atomic E-state index is 13.4. The van der Waals surface area contributed by atoms with Crippen LogP contribution in [-0.4, -0.2) is 20.9 Å². The van der Waals surface area contributed by atoms with E-state index in [4.69, 9.17) is 23.2 Å². The van der Waals surface area contributed by atoms with Gasteiger partial charge in [-0.2, -0.15) is 0 Å². The Morgan fingerprint density at radius 2 is 1.39 bits per heavy atom. The van der Waals surface area contributed by atoms with E-state index in [1.807, 2.05) is 38.1 Å². The summed E-state index contributed by atoms with van der Waals surface area (Å²) in [6, 6.07) is 18.6. The van der Waals surface area contributed by atoms with Gasteiger partial charge in [-0.15, -0.1) is 0 Å². The molecule has 0 aliphatic rings. The Hall–Kier alpha value is -2.54. The second-order valence-corrected chi connectivity index (χ2v) is 9.95. The van der Waals surface area contributed by atoms with Crippen molar-refractivity contribution in [2.45, 2.75) is 25.3 Å². The quantitative estimate of drug-likeness (QED) is 0.514. The van der Waals surface area contributed by atoms with E-state index >= 15 is 0 Å². The predicted molar refractivity (Wildman–Crippen MR) is 125 cm³/mol. The lowest BCUT2D eigenvalue weighted by atomic mass is 10.1. The number of benzene rings is 3. The van der Waals surface area contributed by atoms with Crippen molar-refractivity contribution in [3.05, 3.63) is 93.5 Å². The van der Waals surface area contributed by atoms with Gasteiger partial charge in [0, 0.05) is 16.6 Å². The number of carbonyl (C=O) groups is 1. The van der Waals surface area contributed by atoms with Crippen LogP contribution in [0, 0.1) is 13.8 Å². The summed E-state index contributed by atoms with van der Waals surface area (Å²) in [4.78, 5) is 12.8. The Morgan fingerprint density at radius 1 is 0.871 bits per heavy atom. The Kier molecular flexibility index (Phi) is 7.26. The number of aryl methyl sites for hydroxylation is 2. The normalized spacial score (nSPS) is 11.2. The summed E-state index contributed by atoms with van der Waals surface area (Å²) < 4.78 is 27.8. The number of rotatable bonds is 7. The molecule has 162 valence electrons. The number of nitrogens with zero attached hydrogens (tertiary/aromatic N) is 1. The second kappa shape index (κ2) is 9.73. The summed E-state index contributed by atoms with van der Waals surface area (Å²) in [5, 5.41) is 3.31. The first-order chi connectivity index (χ1) is 14.6. The number of carbonyl (C=O) groups excluding carboxylic acids is 1. The molecule has 0 saturated carbocycles. The molecule has 0 aromatic heterocycles. The zero-order valence-electron chi connectivity index (χ0n) is 17.1. The van der Waals surface area contributed by atoms with Gasteiger partial charge in [-0.05, 0) is 49.7 Å². The van der Waals surface area contributed by atoms with Crippen LogP contribution >= 0.6 is 23.2 Å². The van der Waals surface area contributed by atoms with Crippen LogP contribution in [-0.2, 0) is 21.4 Å². The van der Waals surface area contributed by atoms with Gasteiger partial charge >= 0.3 is 0 Å². The number of sulfonamides is 1. The van der Waals surface area contributed by atoms with Crippen LogP contribution in [0.15, 0.2) is 71.6 Å². The molecule has 1 N–H and O–H groups in total. The number of hydrogen-bond donors (Lipinski definition) is 1. The molecule has 0 saturated heterocycles. The van der Waals surface area contributed by atoms with Gasteiger partial charge in [-0.25, -0.2) is 8.42 Å². The van der Waals surface area contributed by atoms with Gasteiger partial charge in [0.05, 0.1) is 10.6 Å². The maximum atomic E-state index is 13.4. The minimum Gasteiger partial charge on any atom is -0.350 e. The summed E-state index contributed by atoms with van der Waals surface area (Å²) >= 11 is 12.2. The van der Waals surface area contributed by atoms with Crippen molar-refractivity contribution in [3.63, 3.8) is 0 Å². The molecule has 3 aromatic carbocycles. The minimum atomic E-state index is -4.03. The van der Waals surface area contributed by atoms with Gasteiger partial charge in [-0.3, -0.25) is 9.10 Å². The largest absolute Gasteiger partial charge is 0.350 e. The molecule has 0 heterocycles. The van der Waals surface area contributed by atoms with Crippen LogP contribution in [0.2, 0.25) is 10.0 Å². The first-order valence-corrected chi connectivity index (χ1v) is 11.7. The highest BCUT2D eigenvalue weighted by atomic mass is 35.5. The van der Waals surface area contributed by atoms with Gasteiger partial charge in [0.15, 0.2) is 0 Å². The van der Waals surface area contributed by atoms with Crippen molar-refractivity contribution in [2.75, 3.05) is 10.8 Å². The van der Waals surface area contributed by atoms with E-state index in [-0.39, 0.29) is 27.2 Å². The van der Waals surface area contributed by atoms with Gasteiger partial charge in [0.2, 0.25) is 5.91 Å². The topological polar surface area (TPSA) is 66.5 Å². The molecule has 1 amide bonds. The lowest BCUT2D eigenvalue weighted by Crippen LogP contribution is -2.40. The molecule has 0 fully saturated rings. The first kappa shape index (κ1) is 23.1. The molecule has 0 unspecified atom stereocenters. The first-order valence-electron chi connectivity index (χ1n) is 9.53. The van der Waals surface area contributed by atoms with Crippen molar-refractivity contribution in [1.29, 1.82) is 0 Å². The highest BCUT2D eigenvalue weighted by molar-refractivity contribution is 7.92. The number of amides is 1. The summed E-state index contributed by atoms with van der Waals surface area (Å²) in [6.07, 6.45) is 0. The highest BCUT2D eigenvalue weighted by Crippen LogP contribution is 2.29. The summed E-state index contributed by atoms with van der Waals surface area (Å²) in [7, 11) is -4.03. The van der Waals surface area contributed by atoms with Crippen molar-refractivity contribution < 1.29 is 13.2 Å². The molecule has 31 heavy (non-hydrogen) atoms.